The molecule has 15 nitrogen and oxygen atoms in total. The third kappa shape index (κ3) is 6.05. The number of rotatable bonds is 11. The summed E-state index contributed by atoms with van der Waals surface area (Å²) >= 11 is 0. The number of primary sulfonamides is 1. The summed E-state index contributed by atoms with van der Waals surface area (Å²) < 4.78 is 53.5. The molecule has 0 bridgehead atoms. The smallest absolute Gasteiger partial charge is 0.242 e. The van der Waals surface area contributed by atoms with Crippen molar-refractivity contribution in [3.05, 3.63) is 12.1 Å². The van der Waals surface area contributed by atoms with Crippen LogP contribution in [0, 0.1) is 0 Å². The molecule has 1 atom stereocenters. The highest BCUT2D eigenvalue weighted by atomic mass is 32.2. The second-order valence-corrected chi connectivity index (χ2v) is 11.0. The summed E-state index contributed by atoms with van der Waals surface area (Å²) in [6.45, 7) is 2.53. The molecule has 190 valence electrons. The van der Waals surface area contributed by atoms with Crippen molar-refractivity contribution in [1.82, 2.24) is 30.2 Å². The topological polar surface area (TPSA) is 234 Å². The quantitative estimate of drug-likeness (QED) is 0.171. The number of hydrogen-bond acceptors (Lipinski definition) is 12. The van der Waals surface area contributed by atoms with Crippen LogP contribution < -0.4 is 20.5 Å². The lowest BCUT2D eigenvalue weighted by Gasteiger charge is -2.37. The van der Waals surface area contributed by atoms with Crippen LogP contribution in [0.5, 0.6) is 0 Å². The summed E-state index contributed by atoms with van der Waals surface area (Å²) in [5.41, 5.74) is 5.64. The molecule has 0 saturated carbocycles. The van der Waals surface area contributed by atoms with Crippen LogP contribution in [0.3, 0.4) is 0 Å². The predicted octanol–water partition coefficient (Wildman–Crippen LogP) is -3.38. The summed E-state index contributed by atoms with van der Waals surface area (Å²) in [7, 11) is -9.01. The molecule has 1 aromatic heterocycles. The van der Waals surface area contributed by atoms with Crippen LogP contribution in [0.25, 0.3) is 11.4 Å². The molecule has 0 radical (unpaired) electrons. The molecular weight excluding hydrogens is 490 g/mol. The van der Waals surface area contributed by atoms with E-state index >= 15 is 0 Å². The lowest BCUT2D eigenvalue weighted by atomic mass is 10.1. The van der Waals surface area contributed by atoms with Gasteiger partial charge in [0.05, 0.1) is 11.7 Å². The van der Waals surface area contributed by atoms with Gasteiger partial charge in [-0.1, -0.05) is 0 Å². The van der Waals surface area contributed by atoms with E-state index in [0.717, 1.165) is 12.6 Å². The van der Waals surface area contributed by atoms with Gasteiger partial charge in [-0.25, -0.2) is 31.8 Å². The Bertz CT molecular complexity index is 1170. The van der Waals surface area contributed by atoms with E-state index in [4.69, 9.17) is 16.0 Å². The number of H-pyrrole nitrogens is 1. The minimum Gasteiger partial charge on any atom is -0.396 e. The number of aromatic amines is 1. The fourth-order valence-corrected chi connectivity index (χ4v) is 6.35. The number of aliphatic hydroxyl groups is 2. The highest BCUT2D eigenvalue weighted by Gasteiger charge is 2.33. The highest BCUT2D eigenvalue weighted by molar-refractivity contribution is 7.92. The van der Waals surface area contributed by atoms with Gasteiger partial charge in [-0.15, -0.1) is 5.10 Å². The fraction of sp³-hybridized carbons (Fsp3) is 0.588. The molecular formula is C17H29N9O6S2. The Balaban J connectivity index is 2.09. The van der Waals surface area contributed by atoms with Crippen LogP contribution in [-0.4, -0.2) is 111 Å². The van der Waals surface area contributed by atoms with Crippen molar-refractivity contribution in [1.29, 1.82) is 0 Å². The molecule has 3 rings (SSSR count). The maximum absolute atomic E-state index is 13.0. The van der Waals surface area contributed by atoms with Crippen molar-refractivity contribution >= 4 is 25.7 Å². The van der Waals surface area contributed by atoms with Crippen LogP contribution >= 0.6 is 0 Å². The summed E-state index contributed by atoms with van der Waals surface area (Å²) in [6.07, 6.45) is -0.518. The molecule has 1 aromatic carbocycles. The minimum atomic E-state index is -4.59. The number of tetrazole rings is 1. The maximum atomic E-state index is 13.0. The number of piperazine rings is 1. The van der Waals surface area contributed by atoms with Crippen LogP contribution in [0.4, 0.5) is 5.69 Å². The zero-order valence-electron chi connectivity index (χ0n) is 18.3. The second-order valence-electron chi connectivity index (χ2n) is 7.73. The molecule has 1 aliphatic rings. The monoisotopic (exact) mass is 519 g/mol. The number of aromatic nitrogens is 4. The van der Waals surface area contributed by atoms with Crippen molar-refractivity contribution < 1.29 is 27.0 Å². The Hall–Kier alpha value is -2.25. The SMILES string of the molecule is NC[C@H](O)CNS(=O)(=O)c1ccc(N2CCN(CCCO)CC2)c(-c2nnn[nH]2)c1S(N)(=O)=O. The summed E-state index contributed by atoms with van der Waals surface area (Å²) in [6, 6.07) is 2.63. The molecule has 1 fully saturated rings. The largest absolute Gasteiger partial charge is 0.396 e. The summed E-state index contributed by atoms with van der Waals surface area (Å²) in [4.78, 5) is 2.79. The average Bonchev–Trinajstić information content (AvgIpc) is 3.34. The van der Waals surface area contributed by atoms with E-state index in [1.807, 2.05) is 4.90 Å². The van der Waals surface area contributed by atoms with E-state index in [2.05, 4.69) is 30.2 Å². The standard InChI is InChI=1S/C17H29N9O6S2/c18-10-12(28)11-20-34(31,32)14-3-2-13(26-7-5-25(6-8-26)4-1-9-27)15(16(14)33(19,29)30)17-21-23-24-22-17/h2-3,12,20,27-28H,1,4-11,18H2,(H2,19,29,30)(H,21,22,23,24)/t12-/m0/s1. The summed E-state index contributed by atoms with van der Waals surface area (Å²) in [5, 5.41) is 37.5. The number of anilines is 1. The van der Waals surface area contributed by atoms with Gasteiger partial charge in [0.15, 0.2) is 5.82 Å². The molecule has 34 heavy (non-hydrogen) atoms. The first-order chi connectivity index (χ1) is 16.1. The van der Waals surface area contributed by atoms with Gasteiger partial charge in [-0.05, 0) is 29.0 Å². The highest BCUT2D eigenvalue weighted by Crippen LogP contribution is 2.38. The number of benzene rings is 1. The first-order valence-corrected chi connectivity index (χ1v) is 13.5. The van der Waals surface area contributed by atoms with E-state index in [1.165, 1.54) is 6.07 Å². The van der Waals surface area contributed by atoms with Crippen molar-refractivity contribution in [3.63, 3.8) is 0 Å². The van der Waals surface area contributed by atoms with Gasteiger partial charge in [-0.3, -0.25) is 4.90 Å². The Labute approximate surface area is 197 Å². The first kappa shape index (κ1) is 26.4. The Morgan fingerprint density at radius 2 is 1.88 bits per heavy atom. The number of nitrogens with one attached hydrogen (secondary N) is 2. The number of aliphatic hydroxyl groups excluding tert-OH is 2. The molecule has 0 amide bonds. The normalized spacial score (nSPS) is 16.6. The van der Waals surface area contributed by atoms with Crippen molar-refractivity contribution in [2.24, 2.45) is 10.9 Å². The fourth-order valence-electron chi connectivity index (χ4n) is 3.68. The number of nitrogens with two attached hydrogens (primary N) is 2. The predicted molar refractivity (Wildman–Crippen MR) is 122 cm³/mol. The third-order valence-electron chi connectivity index (χ3n) is 5.38. The number of hydrogen-bond donors (Lipinski definition) is 6. The first-order valence-electron chi connectivity index (χ1n) is 10.5. The Morgan fingerprint density at radius 3 is 2.44 bits per heavy atom. The number of sulfonamides is 2. The molecule has 17 heteroatoms. The minimum absolute atomic E-state index is 0.0687. The molecule has 1 aliphatic heterocycles. The van der Waals surface area contributed by atoms with E-state index in [-0.39, 0.29) is 24.5 Å². The molecule has 1 saturated heterocycles. The lowest BCUT2D eigenvalue weighted by Crippen LogP contribution is -2.47. The molecule has 0 spiro atoms. The van der Waals surface area contributed by atoms with E-state index in [0.29, 0.717) is 38.3 Å². The van der Waals surface area contributed by atoms with Gasteiger partial charge < -0.3 is 20.8 Å². The molecule has 2 aromatic rings. The molecule has 0 aliphatic carbocycles. The van der Waals surface area contributed by atoms with Crippen molar-refractivity contribution in [2.75, 3.05) is 57.3 Å². The lowest BCUT2D eigenvalue weighted by molar-refractivity contribution is 0.186. The van der Waals surface area contributed by atoms with Gasteiger partial charge in [0.1, 0.15) is 9.79 Å². The third-order valence-corrected chi connectivity index (χ3v) is 7.97. The Kier molecular flexibility index (Phi) is 8.52. The molecule has 2 heterocycles. The van der Waals surface area contributed by atoms with E-state index in [1.54, 1.807) is 0 Å². The van der Waals surface area contributed by atoms with Gasteiger partial charge in [0, 0.05) is 58.1 Å². The maximum Gasteiger partial charge on any atom is 0.242 e. The van der Waals surface area contributed by atoms with Crippen LogP contribution in [0.1, 0.15) is 6.42 Å². The van der Waals surface area contributed by atoms with Gasteiger partial charge in [0.25, 0.3) is 0 Å². The second kappa shape index (κ2) is 11.0. The van der Waals surface area contributed by atoms with Gasteiger partial charge in [0.2, 0.25) is 20.0 Å². The van der Waals surface area contributed by atoms with E-state index in [9.17, 15) is 21.9 Å². The van der Waals surface area contributed by atoms with Crippen molar-refractivity contribution in [2.45, 2.75) is 22.3 Å². The number of nitrogens with zero attached hydrogens (tertiary/aromatic N) is 5. The van der Waals surface area contributed by atoms with Crippen LogP contribution in [-0.2, 0) is 20.0 Å². The summed E-state index contributed by atoms with van der Waals surface area (Å²) in [5.74, 6) is -0.0687. The zero-order valence-corrected chi connectivity index (χ0v) is 20.0. The van der Waals surface area contributed by atoms with E-state index < -0.39 is 42.5 Å². The average molecular weight is 520 g/mol. The molecule has 0 unspecified atom stereocenters. The Morgan fingerprint density at radius 1 is 1.18 bits per heavy atom. The van der Waals surface area contributed by atoms with Crippen molar-refractivity contribution in [3.8, 4) is 11.4 Å². The van der Waals surface area contributed by atoms with Crippen LogP contribution in [0.2, 0.25) is 0 Å². The molecule has 8 N–H and O–H groups in total. The van der Waals surface area contributed by atoms with Gasteiger partial charge >= 0.3 is 0 Å². The van der Waals surface area contributed by atoms with Crippen LogP contribution in [0.15, 0.2) is 21.9 Å². The zero-order chi connectivity index (χ0) is 24.9. The van der Waals surface area contributed by atoms with Gasteiger partial charge in [-0.2, -0.15) is 0 Å².